The molecule has 1 aliphatic carbocycles. The Morgan fingerprint density at radius 3 is 2.70 bits per heavy atom. The number of fused-ring (bicyclic) bond motifs is 2. The topological polar surface area (TPSA) is 35.5 Å². The van der Waals surface area contributed by atoms with Crippen molar-refractivity contribution in [3.05, 3.63) is 51.2 Å². The number of halogens is 1. The van der Waals surface area contributed by atoms with E-state index in [1.54, 1.807) is 25.6 Å². The van der Waals surface area contributed by atoms with Crippen molar-refractivity contribution >= 4 is 33.0 Å². The molecule has 2 unspecified atom stereocenters. The highest BCUT2D eigenvalue weighted by molar-refractivity contribution is 9.09. The zero-order valence-electron chi connectivity index (χ0n) is 11.1. The number of benzene rings is 1. The molecule has 0 saturated carbocycles. The molecule has 1 aromatic carbocycles. The molecule has 0 aliphatic heterocycles. The van der Waals surface area contributed by atoms with E-state index in [0.29, 0.717) is 5.56 Å². The number of hydrogen-bond acceptors (Lipinski definition) is 4. The average molecular weight is 353 g/mol. The van der Waals surface area contributed by atoms with Gasteiger partial charge in [0.05, 0.1) is 11.9 Å². The lowest BCUT2D eigenvalue weighted by Gasteiger charge is -2.20. The molecular formula is C15H13BrO3S. The molecule has 1 aliphatic rings. The second-order valence-electron chi connectivity index (χ2n) is 4.54. The van der Waals surface area contributed by atoms with E-state index in [4.69, 9.17) is 9.47 Å². The summed E-state index contributed by atoms with van der Waals surface area (Å²) in [6.07, 6.45) is -0.178. The van der Waals surface area contributed by atoms with E-state index in [-0.39, 0.29) is 16.7 Å². The second-order valence-corrected chi connectivity index (χ2v) is 6.47. The summed E-state index contributed by atoms with van der Waals surface area (Å²) >= 11 is 5.24. The standard InChI is InChI=1S/C15H13BrO3S/c1-18-8-3-4-9-11(7-8)12(16)14(19-2)15-10(13(9)17)5-6-20-15/h3-7,12,14H,1-2H3. The molecule has 3 nitrogen and oxygen atoms in total. The highest BCUT2D eigenvalue weighted by atomic mass is 79.9. The number of thiophene rings is 1. The number of carbonyl (C=O) groups is 1. The van der Waals surface area contributed by atoms with Gasteiger partial charge in [-0.15, -0.1) is 11.3 Å². The van der Waals surface area contributed by atoms with Crippen LogP contribution in [0.1, 0.15) is 37.3 Å². The number of alkyl halides is 1. The molecule has 1 heterocycles. The predicted octanol–water partition coefficient (Wildman–Crippen LogP) is 4.12. The summed E-state index contributed by atoms with van der Waals surface area (Å²) in [5, 5.41) is 1.93. The van der Waals surface area contributed by atoms with Crippen molar-refractivity contribution < 1.29 is 14.3 Å². The average Bonchev–Trinajstić information content (AvgIpc) is 2.93. The fourth-order valence-electron chi connectivity index (χ4n) is 2.50. The highest BCUT2D eigenvalue weighted by Crippen LogP contribution is 2.47. The van der Waals surface area contributed by atoms with E-state index in [1.807, 2.05) is 29.6 Å². The lowest BCUT2D eigenvalue weighted by Crippen LogP contribution is -2.07. The van der Waals surface area contributed by atoms with Crippen LogP contribution in [0, 0.1) is 0 Å². The molecule has 0 spiro atoms. The minimum atomic E-state index is -0.178. The minimum absolute atomic E-state index is 0.0444. The molecule has 2 atom stereocenters. The maximum absolute atomic E-state index is 12.7. The Labute approximate surface area is 129 Å². The van der Waals surface area contributed by atoms with Gasteiger partial charge in [0.1, 0.15) is 11.9 Å². The van der Waals surface area contributed by atoms with Crippen molar-refractivity contribution in [2.45, 2.75) is 10.9 Å². The van der Waals surface area contributed by atoms with Crippen molar-refractivity contribution in [1.29, 1.82) is 0 Å². The molecule has 2 aromatic rings. The predicted molar refractivity (Wildman–Crippen MR) is 82.2 cm³/mol. The molecule has 0 amide bonds. The van der Waals surface area contributed by atoms with Crippen LogP contribution in [0.2, 0.25) is 0 Å². The number of hydrogen-bond donors (Lipinski definition) is 0. The smallest absolute Gasteiger partial charge is 0.194 e. The van der Waals surface area contributed by atoms with E-state index in [1.165, 1.54) is 0 Å². The molecule has 104 valence electrons. The molecular weight excluding hydrogens is 340 g/mol. The zero-order valence-corrected chi connectivity index (χ0v) is 13.5. The fraction of sp³-hybridized carbons (Fsp3) is 0.267. The van der Waals surface area contributed by atoms with Crippen LogP contribution in [-0.4, -0.2) is 20.0 Å². The van der Waals surface area contributed by atoms with Crippen LogP contribution in [0.3, 0.4) is 0 Å². The summed E-state index contributed by atoms with van der Waals surface area (Å²) in [6, 6.07) is 7.41. The summed E-state index contributed by atoms with van der Waals surface area (Å²) in [6.45, 7) is 0. The normalized spacial score (nSPS) is 21.1. The van der Waals surface area contributed by atoms with Gasteiger partial charge in [-0.1, -0.05) is 15.9 Å². The summed E-state index contributed by atoms with van der Waals surface area (Å²) in [4.78, 5) is 13.6. The van der Waals surface area contributed by atoms with Gasteiger partial charge in [-0.2, -0.15) is 0 Å². The Kier molecular flexibility index (Phi) is 3.67. The number of carbonyl (C=O) groups excluding carboxylic acids is 1. The zero-order chi connectivity index (χ0) is 14.3. The van der Waals surface area contributed by atoms with Crippen LogP contribution in [-0.2, 0) is 4.74 Å². The third kappa shape index (κ3) is 2.01. The lowest BCUT2D eigenvalue weighted by atomic mass is 10.00. The van der Waals surface area contributed by atoms with Crippen molar-refractivity contribution in [2.75, 3.05) is 14.2 Å². The van der Waals surface area contributed by atoms with Crippen molar-refractivity contribution in [3.8, 4) is 5.75 Å². The number of rotatable bonds is 2. The van der Waals surface area contributed by atoms with Gasteiger partial charge in [-0.25, -0.2) is 0 Å². The highest BCUT2D eigenvalue weighted by Gasteiger charge is 2.34. The molecule has 0 fully saturated rings. The van der Waals surface area contributed by atoms with Crippen molar-refractivity contribution in [1.82, 2.24) is 0 Å². The van der Waals surface area contributed by atoms with Crippen LogP contribution >= 0.6 is 27.3 Å². The van der Waals surface area contributed by atoms with Gasteiger partial charge in [-0.3, -0.25) is 4.79 Å². The van der Waals surface area contributed by atoms with Crippen LogP contribution in [0.25, 0.3) is 0 Å². The monoisotopic (exact) mass is 352 g/mol. The minimum Gasteiger partial charge on any atom is -0.497 e. The maximum atomic E-state index is 12.7. The Morgan fingerprint density at radius 2 is 2.00 bits per heavy atom. The van der Waals surface area contributed by atoms with Gasteiger partial charge in [0.2, 0.25) is 0 Å². The third-order valence-electron chi connectivity index (χ3n) is 3.52. The summed E-state index contributed by atoms with van der Waals surface area (Å²) in [7, 11) is 3.28. The van der Waals surface area contributed by atoms with Gasteiger partial charge in [-0.05, 0) is 35.2 Å². The van der Waals surface area contributed by atoms with Gasteiger partial charge in [0.15, 0.2) is 5.78 Å². The summed E-state index contributed by atoms with van der Waals surface area (Å²) < 4.78 is 10.9. The van der Waals surface area contributed by atoms with Crippen LogP contribution in [0.4, 0.5) is 0 Å². The van der Waals surface area contributed by atoms with E-state index >= 15 is 0 Å². The Balaban J connectivity index is 2.24. The number of methoxy groups -OCH3 is 2. The molecule has 0 bridgehead atoms. The van der Waals surface area contributed by atoms with Crippen LogP contribution in [0.15, 0.2) is 29.6 Å². The number of ether oxygens (including phenoxy) is 2. The summed E-state index contributed by atoms with van der Waals surface area (Å²) in [5.41, 5.74) is 2.34. The first-order chi connectivity index (χ1) is 9.67. The van der Waals surface area contributed by atoms with Crippen molar-refractivity contribution in [3.63, 3.8) is 0 Å². The second kappa shape index (κ2) is 5.31. The van der Waals surface area contributed by atoms with E-state index in [2.05, 4.69) is 15.9 Å². The molecule has 0 radical (unpaired) electrons. The Bertz CT molecular complexity index is 665. The molecule has 1 aromatic heterocycles. The maximum Gasteiger partial charge on any atom is 0.194 e. The molecule has 0 N–H and O–H groups in total. The quantitative estimate of drug-likeness (QED) is 0.762. The van der Waals surface area contributed by atoms with Gasteiger partial charge in [0.25, 0.3) is 0 Å². The Morgan fingerprint density at radius 1 is 1.20 bits per heavy atom. The van der Waals surface area contributed by atoms with E-state index in [9.17, 15) is 4.79 Å². The van der Waals surface area contributed by atoms with Gasteiger partial charge >= 0.3 is 0 Å². The fourth-order valence-corrected chi connectivity index (χ4v) is 4.54. The van der Waals surface area contributed by atoms with Crippen LogP contribution in [0.5, 0.6) is 5.75 Å². The van der Waals surface area contributed by atoms with Gasteiger partial charge in [0, 0.05) is 23.1 Å². The molecule has 5 heteroatoms. The SMILES string of the molecule is COc1ccc2c(c1)C(Br)C(OC)c1sccc1C2=O. The Hall–Kier alpha value is -1.17. The van der Waals surface area contributed by atoms with E-state index in [0.717, 1.165) is 21.8 Å². The van der Waals surface area contributed by atoms with E-state index < -0.39 is 0 Å². The van der Waals surface area contributed by atoms with Crippen molar-refractivity contribution in [2.24, 2.45) is 0 Å². The molecule has 3 rings (SSSR count). The first kappa shape index (κ1) is 13.8. The van der Waals surface area contributed by atoms with Gasteiger partial charge < -0.3 is 9.47 Å². The van der Waals surface area contributed by atoms with Crippen LogP contribution < -0.4 is 4.74 Å². The largest absolute Gasteiger partial charge is 0.497 e. The number of ketones is 1. The first-order valence-corrected chi connectivity index (χ1v) is 7.93. The lowest BCUT2D eigenvalue weighted by molar-refractivity contribution is 0.101. The summed E-state index contributed by atoms with van der Waals surface area (Å²) in [5.74, 6) is 0.781. The molecule has 20 heavy (non-hydrogen) atoms. The third-order valence-corrected chi connectivity index (χ3v) is 5.47. The first-order valence-electron chi connectivity index (χ1n) is 6.14. The molecule has 0 saturated heterocycles.